The van der Waals surface area contributed by atoms with Crippen LogP contribution in [0.25, 0.3) is 0 Å². The second kappa shape index (κ2) is 8.51. The van der Waals surface area contributed by atoms with Crippen LogP contribution in [-0.2, 0) is 30.5 Å². The molecule has 0 saturated carbocycles. The first-order chi connectivity index (χ1) is 12.3. The molecule has 2 N–H and O–H groups in total. The van der Waals surface area contributed by atoms with Crippen molar-refractivity contribution in [1.29, 1.82) is 0 Å². The topological polar surface area (TPSA) is 137 Å². The molecule has 0 unspecified atom stereocenters. The zero-order valence-electron chi connectivity index (χ0n) is 13.8. The quantitative estimate of drug-likeness (QED) is 0.511. The summed E-state index contributed by atoms with van der Waals surface area (Å²) in [5, 5.41) is 5.21. The monoisotopic (exact) mass is 364 g/mol. The van der Waals surface area contributed by atoms with Crippen molar-refractivity contribution in [3.63, 3.8) is 0 Å². The molecule has 0 saturated heterocycles. The first-order valence-corrected chi connectivity index (χ1v) is 7.42. The van der Waals surface area contributed by atoms with E-state index in [0.29, 0.717) is 11.4 Å². The Morgan fingerprint density at radius 3 is 2.50 bits per heavy atom. The van der Waals surface area contributed by atoms with E-state index in [1.807, 2.05) is 0 Å². The van der Waals surface area contributed by atoms with E-state index in [0.717, 1.165) is 12.2 Å². The molecule has 1 aliphatic rings. The molecule has 0 atom stereocenters. The summed E-state index contributed by atoms with van der Waals surface area (Å²) in [6, 6.07) is 0. The van der Waals surface area contributed by atoms with E-state index < -0.39 is 17.8 Å². The summed E-state index contributed by atoms with van der Waals surface area (Å²) >= 11 is 0. The first kappa shape index (κ1) is 18.8. The average Bonchev–Trinajstić information content (AvgIpc) is 2.90. The molecule has 2 heterocycles. The zero-order valence-corrected chi connectivity index (χ0v) is 13.8. The van der Waals surface area contributed by atoms with Gasteiger partial charge in [-0.1, -0.05) is 6.58 Å². The molecule has 2 rings (SSSR count). The molecule has 0 aliphatic carbocycles. The molecule has 1 aromatic rings. The van der Waals surface area contributed by atoms with Crippen LogP contribution < -0.4 is 16.5 Å². The van der Waals surface area contributed by atoms with Gasteiger partial charge in [-0.15, -0.1) is 0 Å². The van der Waals surface area contributed by atoms with Gasteiger partial charge in [-0.3, -0.25) is 4.79 Å². The van der Waals surface area contributed by atoms with Gasteiger partial charge >= 0.3 is 17.8 Å². The van der Waals surface area contributed by atoms with Crippen molar-refractivity contribution in [3.05, 3.63) is 58.5 Å². The number of hydrogen-bond acceptors (Lipinski definition) is 9. The number of nitrogens with one attached hydrogen (secondary N) is 2. The highest BCUT2D eigenvalue weighted by Crippen LogP contribution is 2.07. The number of ether oxygens (including phenoxy) is 2. The van der Waals surface area contributed by atoms with Crippen molar-refractivity contribution in [2.45, 2.75) is 20.0 Å². The Hall–Kier alpha value is -3.56. The Bertz CT molecular complexity index is 843. The molecule has 0 fully saturated rings. The second-order valence-corrected chi connectivity index (χ2v) is 5.04. The maximum Gasteiger partial charge on any atom is 0.519 e. The summed E-state index contributed by atoms with van der Waals surface area (Å²) in [5.41, 5.74) is 0.394. The highest BCUT2D eigenvalue weighted by molar-refractivity contribution is 5.95. The lowest BCUT2D eigenvalue weighted by molar-refractivity contribution is -0.141. The molecule has 0 radical (unpaired) electrons. The maximum atomic E-state index is 11.6. The van der Waals surface area contributed by atoms with Gasteiger partial charge in [0, 0.05) is 30.3 Å². The van der Waals surface area contributed by atoms with E-state index in [-0.39, 0.29) is 37.1 Å². The van der Waals surface area contributed by atoms with Crippen molar-refractivity contribution in [2.24, 2.45) is 0 Å². The highest BCUT2D eigenvalue weighted by atomic mass is 16.6. The van der Waals surface area contributed by atoms with Gasteiger partial charge in [0.15, 0.2) is 18.1 Å². The molecule has 138 valence electrons. The van der Waals surface area contributed by atoms with Crippen molar-refractivity contribution < 1.29 is 32.7 Å². The predicted octanol–water partition coefficient (Wildman–Crippen LogP) is 0.148. The minimum Gasteiger partial charge on any atom is -0.462 e. The molecule has 10 heteroatoms. The van der Waals surface area contributed by atoms with Gasteiger partial charge in [0.2, 0.25) is 0 Å². The van der Waals surface area contributed by atoms with Crippen LogP contribution >= 0.6 is 0 Å². The molecule has 10 nitrogen and oxygen atoms in total. The lowest BCUT2D eigenvalue weighted by Gasteiger charge is -2.16. The number of aryl methyl sites for hydroxylation is 1. The molecule has 1 aliphatic heterocycles. The van der Waals surface area contributed by atoms with Crippen molar-refractivity contribution >= 4 is 17.8 Å². The zero-order chi connectivity index (χ0) is 19.1. The minimum atomic E-state index is -0.894. The molecule has 0 bridgehead atoms. The van der Waals surface area contributed by atoms with Gasteiger partial charge < -0.3 is 28.9 Å². The molecule has 26 heavy (non-hydrogen) atoms. The first-order valence-electron chi connectivity index (χ1n) is 7.42. The van der Waals surface area contributed by atoms with Crippen LogP contribution in [0.15, 0.2) is 50.0 Å². The van der Waals surface area contributed by atoms with Crippen LogP contribution in [0.4, 0.5) is 0 Å². The lowest BCUT2D eigenvalue weighted by Crippen LogP contribution is -2.35. The average molecular weight is 364 g/mol. The molecular formula is C16H16N2O8. The Balaban J connectivity index is 1.70. The molecule has 1 amide bonds. The maximum absolute atomic E-state index is 11.6. The van der Waals surface area contributed by atoms with Crippen molar-refractivity contribution in [1.82, 2.24) is 10.6 Å². The number of carbonyl (C=O) groups is 3. The van der Waals surface area contributed by atoms with E-state index in [1.165, 1.54) is 13.1 Å². The SMILES string of the molecule is C=C1NC=C(CCOC(=O)/C=C/C(=O)OCc2oc(=O)oc2C)C(=O)N1. The number of esters is 2. The smallest absolute Gasteiger partial charge is 0.462 e. The summed E-state index contributed by atoms with van der Waals surface area (Å²) < 4.78 is 18.9. The molecule has 0 aromatic carbocycles. The number of amides is 1. The van der Waals surface area contributed by atoms with Crippen LogP contribution in [0.5, 0.6) is 0 Å². The normalized spacial score (nSPS) is 13.8. The van der Waals surface area contributed by atoms with Gasteiger partial charge in [0.1, 0.15) is 5.82 Å². The molecule has 0 spiro atoms. The Morgan fingerprint density at radius 1 is 1.19 bits per heavy atom. The van der Waals surface area contributed by atoms with Crippen LogP contribution in [0.3, 0.4) is 0 Å². The Labute approximate surface area is 147 Å². The van der Waals surface area contributed by atoms with Crippen LogP contribution in [0.1, 0.15) is 17.9 Å². The summed E-state index contributed by atoms with van der Waals surface area (Å²) in [7, 11) is 0. The van der Waals surface area contributed by atoms with Crippen molar-refractivity contribution in [3.8, 4) is 0 Å². The standard InChI is InChI=1S/C16H16N2O8/c1-9-12(26-16(22)25-9)8-24-14(20)4-3-13(19)23-6-5-11-7-17-10(2)18-15(11)21/h3-4,7,17H,2,5-6,8H2,1H3,(H,18,21)/b4-3+. The van der Waals surface area contributed by atoms with Crippen LogP contribution in [0, 0.1) is 6.92 Å². The van der Waals surface area contributed by atoms with Crippen LogP contribution in [0.2, 0.25) is 0 Å². The second-order valence-electron chi connectivity index (χ2n) is 5.04. The highest BCUT2D eigenvalue weighted by Gasteiger charge is 2.15. The molecule has 1 aromatic heterocycles. The Morgan fingerprint density at radius 2 is 1.88 bits per heavy atom. The lowest BCUT2D eigenvalue weighted by atomic mass is 10.2. The third kappa shape index (κ3) is 5.51. The number of rotatable bonds is 7. The Kier molecular flexibility index (Phi) is 6.15. The predicted molar refractivity (Wildman–Crippen MR) is 85.0 cm³/mol. The minimum absolute atomic E-state index is 0.0506. The number of carbonyl (C=O) groups excluding carboxylic acids is 3. The van der Waals surface area contributed by atoms with Gasteiger partial charge in [0.05, 0.1) is 6.61 Å². The fourth-order valence-electron chi connectivity index (χ4n) is 1.82. The largest absolute Gasteiger partial charge is 0.519 e. The van der Waals surface area contributed by atoms with E-state index >= 15 is 0 Å². The third-order valence-electron chi connectivity index (χ3n) is 3.13. The van der Waals surface area contributed by atoms with Gasteiger partial charge in [-0.05, 0) is 6.92 Å². The summed E-state index contributed by atoms with van der Waals surface area (Å²) in [4.78, 5) is 45.4. The fourth-order valence-corrected chi connectivity index (χ4v) is 1.82. The number of hydrogen-bond donors (Lipinski definition) is 2. The van der Waals surface area contributed by atoms with Gasteiger partial charge in [-0.25, -0.2) is 14.4 Å². The summed E-state index contributed by atoms with van der Waals surface area (Å²) in [6.07, 6.45) is 3.41. The van der Waals surface area contributed by atoms with Gasteiger partial charge in [0.25, 0.3) is 5.91 Å². The summed E-state index contributed by atoms with van der Waals surface area (Å²) in [6.45, 7) is 4.66. The van der Waals surface area contributed by atoms with Gasteiger partial charge in [-0.2, -0.15) is 0 Å². The fraction of sp³-hybridized carbons (Fsp3) is 0.250. The van der Waals surface area contributed by atoms with E-state index in [2.05, 4.69) is 26.0 Å². The molecular weight excluding hydrogens is 348 g/mol. The van der Waals surface area contributed by atoms with Crippen LogP contribution in [-0.4, -0.2) is 24.5 Å². The van der Waals surface area contributed by atoms with Crippen molar-refractivity contribution in [2.75, 3.05) is 6.61 Å². The summed E-state index contributed by atoms with van der Waals surface area (Å²) in [5.74, 6) is -2.19. The third-order valence-corrected chi connectivity index (χ3v) is 3.13. The van der Waals surface area contributed by atoms with E-state index in [9.17, 15) is 19.2 Å². The van der Waals surface area contributed by atoms with E-state index in [4.69, 9.17) is 9.47 Å². The van der Waals surface area contributed by atoms with E-state index in [1.54, 1.807) is 0 Å².